The minimum atomic E-state index is -0.812. The Morgan fingerprint density at radius 2 is 1.19 bits per heavy atom. The van der Waals surface area contributed by atoms with Crippen LogP contribution in [-0.2, 0) is 19.3 Å². The fraction of sp³-hybridized carbons (Fsp3) is 0.172. The first kappa shape index (κ1) is 21.9. The molecule has 4 rings (SSSR count). The zero-order valence-electron chi connectivity index (χ0n) is 18.3. The number of benzene rings is 4. The molecule has 0 aromatic heterocycles. The summed E-state index contributed by atoms with van der Waals surface area (Å²) in [6.07, 6.45) is 1.74. The summed E-state index contributed by atoms with van der Waals surface area (Å²) in [5, 5.41) is 0. The highest BCUT2D eigenvalue weighted by atomic mass is 19.2. The Morgan fingerprint density at radius 1 is 0.594 bits per heavy atom. The van der Waals surface area contributed by atoms with Gasteiger partial charge < -0.3 is 0 Å². The van der Waals surface area contributed by atoms with Gasteiger partial charge in [-0.3, -0.25) is 0 Å². The van der Waals surface area contributed by atoms with Gasteiger partial charge in [0.1, 0.15) is 5.82 Å². The van der Waals surface area contributed by atoms with Crippen LogP contribution in [-0.4, -0.2) is 0 Å². The first-order valence-corrected chi connectivity index (χ1v) is 10.9. The van der Waals surface area contributed by atoms with Crippen molar-refractivity contribution in [3.63, 3.8) is 0 Å². The van der Waals surface area contributed by atoms with Gasteiger partial charge in [0.05, 0.1) is 0 Å². The van der Waals surface area contributed by atoms with Crippen molar-refractivity contribution < 1.29 is 13.2 Å². The van der Waals surface area contributed by atoms with E-state index in [1.54, 1.807) is 36.4 Å². The lowest BCUT2D eigenvalue weighted by Crippen LogP contribution is -2.00. The van der Waals surface area contributed by atoms with Gasteiger partial charge in [0.25, 0.3) is 0 Å². The van der Waals surface area contributed by atoms with Gasteiger partial charge in [-0.05, 0) is 60.1 Å². The van der Waals surface area contributed by atoms with E-state index in [4.69, 9.17) is 0 Å². The Labute approximate surface area is 187 Å². The molecule has 162 valence electrons. The molecule has 0 aliphatic heterocycles. The van der Waals surface area contributed by atoms with Crippen molar-refractivity contribution in [1.82, 2.24) is 0 Å². The molecule has 0 spiro atoms. The molecule has 0 amide bonds. The Balaban J connectivity index is 1.48. The van der Waals surface area contributed by atoms with Crippen molar-refractivity contribution in [3.8, 4) is 22.3 Å². The summed E-state index contributed by atoms with van der Waals surface area (Å²) >= 11 is 0. The van der Waals surface area contributed by atoms with Gasteiger partial charge in [0.15, 0.2) is 11.6 Å². The zero-order chi connectivity index (χ0) is 22.7. The molecule has 4 aromatic rings. The third-order valence-electron chi connectivity index (χ3n) is 5.91. The average Bonchev–Trinajstić information content (AvgIpc) is 2.81. The quantitative estimate of drug-likeness (QED) is 0.290. The van der Waals surface area contributed by atoms with E-state index >= 15 is 0 Å². The molecule has 0 atom stereocenters. The first-order valence-electron chi connectivity index (χ1n) is 10.9. The number of hydrogen-bond acceptors (Lipinski definition) is 0. The maximum absolute atomic E-state index is 14.7. The summed E-state index contributed by atoms with van der Waals surface area (Å²) in [6, 6.07) is 23.5. The summed E-state index contributed by atoms with van der Waals surface area (Å²) in [4.78, 5) is 0. The maximum atomic E-state index is 14.7. The molecular weight excluding hydrogens is 405 g/mol. The number of rotatable bonds is 6. The first-order chi connectivity index (χ1) is 15.5. The van der Waals surface area contributed by atoms with E-state index in [-0.39, 0.29) is 11.4 Å². The van der Waals surface area contributed by atoms with E-state index < -0.39 is 11.6 Å². The van der Waals surface area contributed by atoms with E-state index in [1.165, 1.54) is 0 Å². The second kappa shape index (κ2) is 9.44. The van der Waals surface area contributed by atoms with Crippen molar-refractivity contribution in [2.75, 3.05) is 0 Å². The molecule has 0 unspecified atom stereocenters. The van der Waals surface area contributed by atoms with Gasteiger partial charge in [0, 0.05) is 11.1 Å². The van der Waals surface area contributed by atoms with E-state index in [0.29, 0.717) is 29.5 Å². The molecule has 0 saturated heterocycles. The highest BCUT2D eigenvalue weighted by molar-refractivity contribution is 5.66. The van der Waals surface area contributed by atoms with Crippen molar-refractivity contribution in [3.05, 3.63) is 119 Å². The predicted molar refractivity (Wildman–Crippen MR) is 125 cm³/mol. The molecule has 3 heteroatoms. The predicted octanol–water partition coefficient (Wildman–Crippen LogP) is 8.09. The third-order valence-corrected chi connectivity index (χ3v) is 5.91. The highest BCUT2D eigenvalue weighted by Gasteiger charge is 2.15. The molecule has 4 aromatic carbocycles. The Morgan fingerprint density at radius 3 is 1.84 bits per heavy atom. The second-order valence-electron chi connectivity index (χ2n) is 8.13. The van der Waals surface area contributed by atoms with Gasteiger partial charge in [-0.15, -0.1) is 0 Å². The monoisotopic (exact) mass is 430 g/mol. The standard InChI is InChI=1S/C29H25F3/c1-3-20-9-16-25(27(30)18-20)22-12-6-21(7-13-22)8-14-24-15-17-26(29(32)28(24)31)23-10-4-19(2)5-11-23/h4-7,9-13,15-18H,3,8,14H2,1-2H3. The van der Waals surface area contributed by atoms with Gasteiger partial charge in [0.2, 0.25) is 0 Å². The number of halogens is 3. The molecule has 0 nitrogen and oxygen atoms in total. The summed E-state index contributed by atoms with van der Waals surface area (Å²) in [5.74, 6) is -1.84. The SMILES string of the molecule is CCc1ccc(-c2ccc(CCc3ccc(-c4ccc(C)cc4)c(F)c3F)cc2)c(F)c1. The van der Waals surface area contributed by atoms with Crippen molar-refractivity contribution in [1.29, 1.82) is 0 Å². The lowest BCUT2D eigenvalue weighted by molar-refractivity contribution is 0.501. The van der Waals surface area contributed by atoms with Crippen LogP contribution in [0, 0.1) is 24.4 Å². The fourth-order valence-corrected chi connectivity index (χ4v) is 3.88. The van der Waals surface area contributed by atoms with Crippen molar-refractivity contribution >= 4 is 0 Å². The van der Waals surface area contributed by atoms with Gasteiger partial charge in [-0.1, -0.05) is 85.3 Å². The molecule has 0 aliphatic rings. The highest BCUT2D eigenvalue weighted by Crippen LogP contribution is 2.28. The van der Waals surface area contributed by atoms with E-state index in [2.05, 4.69) is 0 Å². The number of hydrogen-bond donors (Lipinski definition) is 0. The second-order valence-corrected chi connectivity index (χ2v) is 8.13. The Bertz CT molecular complexity index is 1220. The normalized spacial score (nSPS) is 11.0. The summed E-state index contributed by atoms with van der Waals surface area (Å²) in [5.41, 5.74) is 5.66. The van der Waals surface area contributed by atoms with Crippen molar-refractivity contribution in [2.24, 2.45) is 0 Å². The molecule has 0 aliphatic carbocycles. The molecule has 0 bridgehead atoms. The van der Waals surface area contributed by atoms with Crippen LogP contribution in [0.5, 0.6) is 0 Å². The van der Waals surface area contributed by atoms with Crippen LogP contribution >= 0.6 is 0 Å². The lowest BCUT2D eigenvalue weighted by Gasteiger charge is -2.10. The Kier molecular flexibility index (Phi) is 6.45. The van der Waals surface area contributed by atoms with E-state index in [9.17, 15) is 13.2 Å². The zero-order valence-corrected chi connectivity index (χ0v) is 18.3. The summed E-state index contributed by atoms with van der Waals surface area (Å²) in [6.45, 7) is 3.95. The van der Waals surface area contributed by atoms with Crippen LogP contribution in [0.4, 0.5) is 13.2 Å². The molecule has 0 radical (unpaired) electrons. The minimum absolute atomic E-state index is 0.233. The number of aryl methyl sites for hydroxylation is 4. The average molecular weight is 431 g/mol. The summed E-state index contributed by atoms with van der Waals surface area (Å²) < 4.78 is 43.8. The van der Waals surface area contributed by atoms with Gasteiger partial charge in [-0.25, -0.2) is 13.2 Å². The van der Waals surface area contributed by atoms with Crippen molar-refractivity contribution in [2.45, 2.75) is 33.1 Å². The third kappa shape index (κ3) is 4.62. The molecule has 0 fully saturated rings. The van der Waals surface area contributed by atoms with Crippen LogP contribution in [0.2, 0.25) is 0 Å². The summed E-state index contributed by atoms with van der Waals surface area (Å²) in [7, 11) is 0. The molecule has 32 heavy (non-hydrogen) atoms. The van der Waals surface area contributed by atoms with E-state index in [1.807, 2.05) is 56.3 Å². The largest absolute Gasteiger partial charge is 0.206 e. The van der Waals surface area contributed by atoms with Gasteiger partial charge in [-0.2, -0.15) is 0 Å². The fourth-order valence-electron chi connectivity index (χ4n) is 3.88. The minimum Gasteiger partial charge on any atom is -0.206 e. The van der Waals surface area contributed by atoms with Gasteiger partial charge >= 0.3 is 0 Å². The topological polar surface area (TPSA) is 0 Å². The van der Waals surface area contributed by atoms with Crippen LogP contribution in [0.25, 0.3) is 22.3 Å². The molecule has 0 heterocycles. The van der Waals surface area contributed by atoms with Crippen LogP contribution in [0.3, 0.4) is 0 Å². The van der Waals surface area contributed by atoms with E-state index in [0.717, 1.165) is 28.7 Å². The maximum Gasteiger partial charge on any atom is 0.166 e. The van der Waals surface area contributed by atoms with Crippen LogP contribution < -0.4 is 0 Å². The van der Waals surface area contributed by atoms with Crippen LogP contribution in [0.1, 0.15) is 29.2 Å². The molecule has 0 N–H and O–H groups in total. The molecular formula is C29H25F3. The Hall–Kier alpha value is -3.33. The smallest absolute Gasteiger partial charge is 0.166 e. The van der Waals surface area contributed by atoms with Crippen LogP contribution in [0.15, 0.2) is 78.9 Å². The molecule has 0 saturated carbocycles. The lowest BCUT2D eigenvalue weighted by atomic mass is 9.97.